The van der Waals surface area contributed by atoms with Crippen LogP contribution in [0.25, 0.3) is 0 Å². The van der Waals surface area contributed by atoms with Crippen LogP contribution >= 0.6 is 0 Å². The Morgan fingerprint density at radius 3 is 2.69 bits per heavy atom. The maximum Gasteiger partial charge on any atom is 0.163 e. The highest BCUT2D eigenvalue weighted by molar-refractivity contribution is 5.82. The second kappa shape index (κ2) is 4.17. The summed E-state index contributed by atoms with van der Waals surface area (Å²) in [5.41, 5.74) is 0. The molecule has 0 bridgehead atoms. The van der Waals surface area contributed by atoms with Crippen molar-refractivity contribution < 1.29 is 19.0 Å². The molecule has 0 amide bonds. The lowest BCUT2D eigenvalue weighted by atomic mass is 10.0. The van der Waals surface area contributed by atoms with Gasteiger partial charge in [0, 0.05) is 12.5 Å². The van der Waals surface area contributed by atoms with E-state index in [1.807, 2.05) is 0 Å². The van der Waals surface area contributed by atoms with E-state index in [4.69, 9.17) is 14.2 Å². The fraction of sp³-hybridized carbons (Fsp3) is 0.889. The van der Waals surface area contributed by atoms with Crippen LogP contribution in [0, 0.1) is 5.92 Å². The molecule has 2 rings (SSSR count). The summed E-state index contributed by atoms with van der Waals surface area (Å²) in [5, 5.41) is 0. The maximum atomic E-state index is 11.4. The first kappa shape index (κ1) is 9.12. The fourth-order valence-electron chi connectivity index (χ4n) is 1.42. The predicted octanol–water partition coefficient (Wildman–Crippen LogP) is 0.00740. The van der Waals surface area contributed by atoms with E-state index < -0.39 is 0 Å². The quantitative estimate of drug-likeness (QED) is 0.620. The molecule has 4 heteroatoms. The Bertz CT molecular complexity index is 182. The summed E-state index contributed by atoms with van der Waals surface area (Å²) in [7, 11) is 0. The van der Waals surface area contributed by atoms with E-state index in [-0.39, 0.29) is 24.4 Å². The van der Waals surface area contributed by atoms with Gasteiger partial charge in [-0.3, -0.25) is 4.79 Å². The summed E-state index contributed by atoms with van der Waals surface area (Å²) in [6, 6.07) is 0. The molecule has 2 heterocycles. The van der Waals surface area contributed by atoms with Crippen LogP contribution in [0.1, 0.15) is 6.42 Å². The molecular weight excluding hydrogens is 172 g/mol. The Morgan fingerprint density at radius 1 is 1.31 bits per heavy atom. The van der Waals surface area contributed by atoms with Gasteiger partial charge < -0.3 is 14.2 Å². The van der Waals surface area contributed by atoms with Crippen LogP contribution in [-0.2, 0) is 19.0 Å². The van der Waals surface area contributed by atoms with Crippen LogP contribution in [0.4, 0.5) is 0 Å². The minimum absolute atomic E-state index is 0.0704. The molecule has 1 atom stereocenters. The molecule has 0 spiro atoms. The van der Waals surface area contributed by atoms with E-state index >= 15 is 0 Å². The van der Waals surface area contributed by atoms with Gasteiger partial charge in [-0.15, -0.1) is 0 Å². The zero-order chi connectivity index (χ0) is 9.10. The molecule has 13 heavy (non-hydrogen) atoms. The second-order valence-corrected chi connectivity index (χ2v) is 3.50. The molecule has 2 aliphatic rings. The largest absolute Gasteiger partial charge is 0.381 e. The molecule has 74 valence electrons. The van der Waals surface area contributed by atoms with Crippen molar-refractivity contribution in [1.29, 1.82) is 0 Å². The SMILES string of the molecule is O=C(COC1COC1)C1CCOC1. The van der Waals surface area contributed by atoms with Crippen molar-refractivity contribution in [3.05, 3.63) is 0 Å². The summed E-state index contributed by atoms with van der Waals surface area (Å²) in [6.45, 7) is 2.78. The Kier molecular flexibility index (Phi) is 2.93. The van der Waals surface area contributed by atoms with Crippen LogP contribution < -0.4 is 0 Å². The molecule has 0 N–H and O–H groups in total. The molecule has 0 saturated carbocycles. The smallest absolute Gasteiger partial charge is 0.163 e. The van der Waals surface area contributed by atoms with Gasteiger partial charge in [-0.1, -0.05) is 0 Å². The number of carbonyl (C=O) groups is 1. The van der Waals surface area contributed by atoms with E-state index in [2.05, 4.69) is 0 Å². The van der Waals surface area contributed by atoms with Crippen LogP contribution in [0.3, 0.4) is 0 Å². The van der Waals surface area contributed by atoms with Crippen LogP contribution in [0.5, 0.6) is 0 Å². The number of hydrogen-bond donors (Lipinski definition) is 0. The summed E-state index contributed by atoms with van der Waals surface area (Å²) in [6.07, 6.45) is 0.995. The third-order valence-corrected chi connectivity index (χ3v) is 2.45. The molecule has 0 aromatic heterocycles. The van der Waals surface area contributed by atoms with Crippen molar-refractivity contribution >= 4 is 5.78 Å². The lowest BCUT2D eigenvalue weighted by molar-refractivity contribution is -0.149. The fourth-order valence-corrected chi connectivity index (χ4v) is 1.42. The van der Waals surface area contributed by atoms with E-state index in [9.17, 15) is 4.79 Å². The Morgan fingerprint density at radius 2 is 2.15 bits per heavy atom. The first-order chi connectivity index (χ1) is 6.36. The van der Waals surface area contributed by atoms with Gasteiger partial charge in [0.05, 0.1) is 19.8 Å². The first-order valence-corrected chi connectivity index (χ1v) is 4.66. The van der Waals surface area contributed by atoms with E-state index in [1.165, 1.54) is 0 Å². The highest BCUT2D eigenvalue weighted by Crippen LogP contribution is 2.14. The summed E-state index contributed by atoms with van der Waals surface area (Å²) < 4.78 is 15.4. The highest BCUT2D eigenvalue weighted by atomic mass is 16.6. The van der Waals surface area contributed by atoms with Crippen LogP contribution in [-0.4, -0.2) is 44.9 Å². The van der Waals surface area contributed by atoms with E-state index in [0.717, 1.165) is 6.42 Å². The lowest BCUT2D eigenvalue weighted by Gasteiger charge is -2.25. The predicted molar refractivity (Wildman–Crippen MR) is 44.5 cm³/mol. The van der Waals surface area contributed by atoms with E-state index in [1.54, 1.807) is 0 Å². The standard InChI is InChI=1S/C9H14O4/c10-9(7-1-2-11-3-7)6-13-8-4-12-5-8/h7-8H,1-6H2. The molecule has 0 aliphatic carbocycles. The number of Topliss-reactive ketones (excluding diaryl/α,β-unsaturated/α-hetero) is 1. The van der Waals surface area contributed by atoms with Gasteiger partial charge in [0.25, 0.3) is 0 Å². The number of rotatable bonds is 4. The highest BCUT2D eigenvalue weighted by Gasteiger charge is 2.26. The number of hydrogen-bond acceptors (Lipinski definition) is 4. The van der Waals surface area contributed by atoms with Crippen molar-refractivity contribution in [3.63, 3.8) is 0 Å². The summed E-state index contributed by atoms with van der Waals surface area (Å²) >= 11 is 0. The first-order valence-electron chi connectivity index (χ1n) is 4.66. The Balaban J connectivity index is 1.65. The van der Waals surface area contributed by atoms with Crippen molar-refractivity contribution in [3.8, 4) is 0 Å². The minimum Gasteiger partial charge on any atom is -0.381 e. The maximum absolute atomic E-state index is 11.4. The normalized spacial score (nSPS) is 28.8. The number of carbonyl (C=O) groups excluding carboxylic acids is 1. The van der Waals surface area contributed by atoms with Gasteiger partial charge in [-0.05, 0) is 6.42 Å². The Labute approximate surface area is 77.1 Å². The average molecular weight is 186 g/mol. The molecule has 2 fully saturated rings. The molecule has 0 aromatic rings. The zero-order valence-electron chi connectivity index (χ0n) is 7.53. The van der Waals surface area contributed by atoms with Crippen molar-refractivity contribution in [2.75, 3.05) is 33.0 Å². The summed E-state index contributed by atoms with van der Waals surface area (Å²) in [4.78, 5) is 11.4. The average Bonchev–Trinajstić information content (AvgIpc) is 2.52. The Hall–Kier alpha value is -0.450. The minimum atomic E-state index is 0.0704. The van der Waals surface area contributed by atoms with Gasteiger partial charge in [0.15, 0.2) is 5.78 Å². The topological polar surface area (TPSA) is 44.8 Å². The van der Waals surface area contributed by atoms with Gasteiger partial charge in [-0.2, -0.15) is 0 Å². The van der Waals surface area contributed by atoms with Gasteiger partial charge in [-0.25, -0.2) is 0 Å². The molecule has 0 aromatic carbocycles. The molecule has 4 nitrogen and oxygen atoms in total. The van der Waals surface area contributed by atoms with Crippen LogP contribution in [0.15, 0.2) is 0 Å². The lowest BCUT2D eigenvalue weighted by Crippen LogP contribution is -2.38. The third-order valence-electron chi connectivity index (χ3n) is 2.45. The van der Waals surface area contributed by atoms with Gasteiger partial charge in [0.2, 0.25) is 0 Å². The van der Waals surface area contributed by atoms with E-state index in [0.29, 0.717) is 26.4 Å². The number of ketones is 1. The summed E-state index contributed by atoms with van der Waals surface area (Å²) in [5.74, 6) is 0.241. The van der Waals surface area contributed by atoms with Gasteiger partial charge in [0.1, 0.15) is 12.7 Å². The van der Waals surface area contributed by atoms with Crippen molar-refractivity contribution in [2.24, 2.45) is 5.92 Å². The van der Waals surface area contributed by atoms with Crippen molar-refractivity contribution in [2.45, 2.75) is 12.5 Å². The van der Waals surface area contributed by atoms with Gasteiger partial charge >= 0.3 is 0 Å². The monoisotopic (exact) mass is 186 g/mol. The molecular formula is C9H14O4. The van der Waals surface area contributed by atoms with Crippen LogP contribution in [0.2, 0.25) is 0 Å². The second-order valence-electron chi connectivity index (χ2n) is 3.50. The molecule has 2 saturated heterocycles. The molecule has 0 radical (unpaired) electrons. The molecule has 1 unspecified atom stereocenters. The third kappa shape index (κ3) is 2.27. The number of ether oxygens (including phenoxy) is 3. The van der Waals surface area contributed by atoms with Crippen molar-refractivity contribution in [1.82, 2.24) is 0 Å². The molecule has 2 aliphatic heterocycles. The zero-order valence-corrected chi connectivity index (χ0v) is 7.53.